The normalized spacial score (nSPS) is 14.7. The number of para-hydroxylation sites is 4. The Hall–Kier alpha value is -9.27. The molecule has 0 spiro atoms. The first-order chi connectivity index (χ1) is 38.4. The number of anilines is 4. The zero-order valence-corrected chi connectivity index (χ0v) is 36.6. The second kappa shape index (κ2) is 16.9. The van der Waals surface area contributed by atoms with Gasteiger partial charge in [-0.15, -0.1) is 0 Å². The molecule has 0 bridgehead atoms. The van der Waals surface area contributed by atoms with E-state index < -0.39 is 67.3 Å². The Balaban J connectivity index is 0.958. The first-order valence-electron chi connectivity index (χ1n) is 27.4. The molecule has 0 aliphatic carbocycles. The van der Waals surface area contributed by atoms with Crippen molar-refractivity contribution in [2.45, 2.75) is 0 Å². The van der Waals surface area contributed by atoms with Crippen LogP contribution >= 0.6 is 0 Å². The maximum atomic E-state index is 9.08. The van der Waals surface area contributed by atoms with E-state index in [1.165, 1.54) is 0 Å². The highest BCUT2D eigenvalue weighted by Crippen LogP contribution is 2.46. The fourth-order valence-corrected chi connectivity index (χ4v) is 9.45. The van der Waals surface area contributed by atoms with Crippen molar-refractivity contribution in [3.05, 3.63) is 255 Å². The lowest BCUT2D eigenvalue weighted by atomic mass is 9.49. The van der Waals surface area contributed by atoms with E-state index in [9.17, 15) is 0 Å². The van der Waals surface area contributed by atoms with E-state index in [1.54, 1.807) is 33.5 Å². The average molecular weight is 895 g/mol. The van der Waals surface area contributed by atoms with E-state index in [0.717, 1.165) is 39.1 Å². The lowest BCUT2D eigenvalue weighted by Crippen LogP contribution is -2.52. The maximum Gasteiger partial charge on any atom is 0.351 e. The van der Waals surface area contributed by atoms with Gasteiger partial charge in [-0.3, -0.25) is 23.8 Å². The number of hydrogen-bond acceptors (Lipinski definition) is 5. The number of pyridine rings is 1. The molecule has 324 valence electrons. The Morgan fingerprint density at radius 1 is 0.507 bits per heavy atom. The smallest absolute Gasteiger partial charge is 0.351 e. The lowest BCUT2D eigenvalue weighted by Gasteiger charge is -2.32. The quantitative estimate of drug-likeness (QED) is 0.0823. The molecule has 11 aromatic rings. The van der Waals surface area contributed by atoms with Crippen molar-refractivity contribution >= 4 is 57.6 Å². The molecular weight excluding hydrogens is 844 g/mol. The van der Waals surface area contributed by atoms with Crippen LogP contribution in [0, 0.1) is 6.33 Å². The van der Waals surface area contributed by atoms with Crippen LogP contribution in [-0.4, -0.2) is 22.4 Å². The number of guanidine groups is 1. The Morgan fingerprint density at radius 3 is 1.94 bits per heavy atom. The molecule has 2 aliphatic rings. The number of benzene rings is 9. The van der Waals surface area contributed by atoms with Gasteiger partial charge in [0, 0.05) is 18.0 Å². The van der Waals surface area contributed by atoms with Gasteiger partial charge in [0.25, 0.3) is 6.33 Å². The van der Waals surface area contributed by atoms with E-state index in [2.05, 4.69) is 58.6 Å². The summed E-state index contributed by atoms with van der Waals surface area (Å²) in [5, 5.41) is 0. The van der Waals surface area contributed by atoms with Gasteiger partial charge >= 0.3 is 6.85 Å². The third-order valence-corrected chi connectivity index (χ3v) is 12.4. The number of fused-ring (bicyclic) bond motifs is 6. The molecule has 7 nitrogen and oxygen atoms in total. The minimum Gasteiger partial charge on any atom is -0.458 e. The number of hydrogen-bond donors (Lipinski definition) is 0. The van der Waals surface area contributed by atoms with Crippen molar-refractivity contribution in [1.29, 1.82) is 0 Å². The van der Waals surface area contributed by atoms with Crippen LogP contribution in [0.2, 0.25) is 0 Å². The third kappa shape index (κ3) is 6.97. The summed E-state index contributed by atoms with van der Waals surface area (Å²) in [6.07, 6.45) is 5.24. The fraction of sp³-hybridized carbons (Fsp3) is 0. The molecule has 0 atom stereocenters. The third-order valence-electron chi connectivity index (χ3n) is 12.4. The van der Waals surface area contributed by atoms with Gasteiger partial charge in [0.15, 0.2) is 5.82 Å². The average Bonchev–Trinajstić information content (AvgIpc) is 4.24. The van der Waals surface area contributed by atoms with Crippen LogP contribution in [-0.2, 0) is 0 Å². The second-order valence-corrected chi connectivity index (χ2v) is 16.4. The molecule has 0 fully saturated rings. The molecule has 0 saturated carbocycles. The molecule has 4 heterocycles. The lowest BCUT2D eigenvalue weighted by molar-refractivity contribution is -0.571. The summed E-state index contributed by atoms with van der Waals surface area (Å²) in [4.78, 5) is 14.8. The van der Waals surface area contributed by atoms with E-state index >= 15 is 0 Å². The Labute approximate surface area is 414 Å². The van der Waals surface area contributed by atoms with Crippen molar-refractivity contribution in [1.82, 2.24) is 9.55 Å². The molecule has 0 radical (unpaired) electrons. The van der Waals surface area contributed by atoms with Crippen LogP contribution in [0.1, 0.15) is 13.7 Å². The summed E-state index contributed by atoms with van der Waals surface area (Å²) >= 11 is 0. The second-order valence-electron chi connectivity index (χ2n) is 16.4. The van der Waals surface area contributed by atoms with Gasteiger partial charge in [0.05, 0.1) is 47.5 Å². The highest BCUT2D eigenvalue weighted by atomic mass is 16.5. The molecule has 0 N–H and O–H groups in total. The van der Waals surface area contributed by atoms with Crippen molar-refractivity contribution in [3.63, 3.8) is 0 Å². The first-order valence-corrected chi connectivity index (χ1v) is 22.4. The maximum absolute atomic E-state index is 9.08. The van der Waals surface area contributed by atoms with Crippen molar-refractivity contribution < 1.29 is 23.0 Å². The highest BCUT2D eigenvalue weighted by Gasteiger charge is 2.43. The molecule has 0 saturated heterocycles. The first kappa shape index (κ1) is 30.8. The van der Waals surface area contributed by atoms with Gasteiger partial charge in [-0.2, -0.15) is 0 Å². The molecule has 0 unspecified atom stereocenters. The standard InChI is InChI=1S/C61H41BN6O/c1-5-20-43(21-6-1)50-30-13-14-33-53(50)62-54-38-37-49(41-58(54)68-60-57(36-19-39-63-60)67(61(68)64-62)46-26-11-4-12-27-46)69-48-29-17-28-47(40-48)65-42-66(56-35-16-15-34-55(56)65)59-51(44-22-7-2-8-23-44)31-18-32-52(59)45-24-9-3-10-25-45/h1-41H/i2D,3D,7D,8D,9D,10D,22D,23D,24D,25D. The van der Waals surface area contributed by atoms with Gasteiger partial charge in [-0.05, 0) is 92.8 Å². The molecular formula is C61H41BN6O. The number of ether oxygens (including phenoxy) is 1. The molecule has 8 heteroatoms. The zero-order valence-electron chi connectivity index (χ0n) is 46.6. The zero-order chi connectivity index (χ0) is 54.4. The van der Waals surface area contributed by atoms with Gasteiger partial charge < -0.3 is 4.74 Å². The molecule has 2 aliphatic heterocycles. The van der Waals surface area contributed by atoms with Crippen LogP contribution in [0.25, 0.3) is 55.8 Å². The summed E-state index contributed by atoms with van der Waals surface area (Å²) in [7, 11) is 0. The largest absolute Gasteiger partial charge is 0.458 e. The Bertz CT molecular complexity index is 4210. The minimum absolute atomic E-state index is 0.139. The summed E-state index contributed by atoms with van der Waals surface area (Å²) < 4.78 is 97.8. The van der Waals surface area contributed by atoms with Crippen LogP contribution in [0.5, 0.6) is 11.5 Å². The van der Waals surface area contributed by atoms with E-state index in [-0.39, 0.29) is 27.9 Å². The molecule has 0 amide bonds. The van der Waals surface area contributed by atoms with Gasteiger partial charge in [0.2, 0.25) is 5.96 Å². The Kier molecular flexibility index (Phi) is 7.54. The number of imidazole rings is 1. The van der Waals surface area contributed by atoms with Gasteiger partial charge in [-0.1, -0.05) is 188 Å². The van der Waals surface area contributed by atoms with E-state index in [4.69, 9.17) is 28.3 Å². The van der Waals surface area contributed by atoms with Gasteiger partial charge in [-0.25, -0.2) is 4.98 Å². The van der Waals surface area contributed by atoms with Crippen LogP contribution in [0.3, 0.4) is 0 Å². The summed E-state index contributed by atoms with van der Waals surface area (Å²) in [6.45, 7) is -0.425. The predicted molar refractivity (Wildman–Crippen MR) is 280 cm³/mol. The number of rotatable bonds is 9. The van der Waals surface area contributed by atoms with Crippen LogP contribution < -0.4 is 30.0 Å². The molecule has 2 aromatic heterocycles. The topological polar surface area (TPSA) is 49.8 Å². The monoisotopic (exact) mass is 894 g/mol. The van der Waals surface area contributed by atoms with Gasteiger partial charge in [0.1, 0.15) is 11.5 Å². The van der Waals surface area contributed by atoms with Crippen molar-refractivity contribution in [2.75, 3.05) is 9.80 Å². The molecule has 69 heavy (non-hydrogen) atoms. The van der Waals surface area contributed by atoms with E-state index in [0.29, 0.717) is 40.0 Å². The number of aromatic nitrogens is 3. The van der Waals surface area contributed by atoms with Crippen LogP contribution in [0.4, 0.5) is 22.9 Å². The predicted octanol–water partition coefficient (Wildman–Crippen LogP) is 12.7. The Morgan fingerprint density at radius 2 is 1.16 bits per heavy atom. The summed E-state index contributed by atoms with van der Waals surface area (Å²) in [5.41, 5.74) is 8.74. The van der Waals surface area contributed by atoms with E-state index in [1.807, 2.05) is 121 Å². The number of nitrogens with zero attached hydrogens (tertiary/aromatic N) is 6. The highest BCUT2D eigenvalue weighted by molar-refractivity contribution is 6.88. The molecule has 9 aromatic carbocycles. The summed E-state index contributed by atoms with van der Waals surface area (Å²) in [6, 6.07) is 53.1. The van der Waals surface area contributed by atoms with Crippen molar-refractivity contribution in [2.24, 2.45) is 4.90 Å². The summed E-state index contributed by atoms with van der Waals surface area (Å²) in [5.74, 6) is 2.42. The van der Waals surface area contributed by atoms with Crippen molar-refractivity contribution in [3.8, 4) is 56.3 Å². The SMILES string of the molecule is [2H]c1c([2H])c([2H])c(-c2cccc(-c3c([2H])c([2H])c([2H])c([2H])c3[2H])c2-[n+]2[c-]n(-c3cccc(Oc4ccc5c(c4)N4C(=NB5c5ccccc5-c5ccccc5)N(c5ccccc5)c5cccnc54)c3)c3ccccc32)c([2H])c1[2H]. The minimum atomic E-state index is -0.573. The fourth-order valence-electron chi connectivity index (χ4n) is 9.45. The van der Waals surface area contributed by atoms with Crippen LogP contribution in [0.15, 0.2) is 254 Å². The molecule has 13 rings (SSSR count).